The first-order chi connectivity index (χ1) is 8.31. The van der Waals surface area contributed by atoms with Crippen LogP contribution in [0, 0.1) is 0 Å². The average Bonchev–Trinajstić information content (AvgIpc) is 2.33. The standard InChI is InChI=1S/C13H27N3O/c1-3-5-7-9-11-14-13(17)16-15-12-10-8-6-4-2/h3-12H2,1-2H3,(H,14,17). The lowest BCUT2D eigenvalue weighted by Gasteiger charge is -2.00. The average molecular weight is 241 g/mol. The number of carbonyl (C=O) groups is 1. The first kappa shape index (κ1) is 16.1. The van der Waals surface area contributed by atoms with Crippen LogP contribution in [0.4, 0.5) is 4.79 Å². The Bertz CT molecular complexity index is 205. The van der Waals surface area contributed by atoms with Gasteiger partial charge in [-0.25, -0.2) is 4.79 Å². The lowest BCUT2D eigenvalue weighted by atomic mass is 10.2. The van der Waals surface area contributed by atoms with Gasteiger partial charge in [-0.3, -0.25) is 0 Å². The van der Waals surface area contributed by atoms with Gasteiger partial charge in [0.2, 0.25) is 0 Å². The molecule has 0 aromatic carbocycles. The van der Waals surface area contributed by atoms with Crippen molar-refractivity contribution >= 4 is 6.03 Å². The van der Waals surface area contributed by atoms with E-state index in [-0.39, 0.29) is 6.03 Å². The molecule has 17 heavy (non-hydrogen) atoms. The van der Waals surface area contributed by atoms with E-state index in [1.54, 1.807) is 0 Å². The van der Waals surface area contributed by atoms with E-state index in [2.05, 4.69) is 29.4 Å². The maximum absolute atomic E-state index is 11.2. The largest absolute Gasteiger partial charge is 0.359 e. The number of azo groups is 1. The van der Waals surface area contributed by atoms with E-state index in [1.807, 2.05) is 0 Å². The third-order valence-corrected chi connectivity index (χ3v) is 2.58. The van der Waals surface area contributed by atoms with Crippen molar-refractivity contribution in [1.82, 2.24) is 5.32 Å². The Morgan fingerprint density at radius 1 is 0.941 bits per heavy atom. The van der Waals surface area contributed by atoms with E-state index in [4.69, 9.17) is 0 Å². The molecule has 0 aliphatic rings. The van der Waals surface area contributed by atoms with Gasteiger partial charge in [-0.1, -0.05) is 57.5 Å². The highest BCUT2D eigenvalue weighted by atomic mass is 16.2. The van der Waals surface area contributed by atoms with Crippen molar-refractivity contribution in [1.29, 1.82) is 0 Å². The number of hydrogen-bond acceptors (Lipinski definition) is 2. The van der Waals surface area contributed by atoms with Gasteiger partial charge in [-0.15, -0.1) is 0 Å². The monoisotopic (exact) mass is 241 g/mol. The number of amides is 2. The molecule has 0 aliphatic heterocycles. The lowest BCUT2D eigenvalue weighted by molar-refractivity contribution is 0.247. The van der Waals surface area contributed by atoms with Crippen molar-refractivity contribution in [3.63, 3.8) is 0 Å². The normalized spacial score (nSPS) is 10.9. The first-order valence-corrected chi connectivity index (χ1v) is 6.96. The van der Waals surface area contributed by atoms with Crippen LogP contribution in [0.25, 0.3) is 0 Å². The van der Waals surface area contributed by atoms with Crippen molar-refractivity contribution < 1.29 is 4.79 Å². The molecule has 0 aromatic heterocycles. The van der Waals surface area contributed by atoms with Crippen LogP contribution in [-0.4, -0.2) is 19.1 Å². The first-order valence-electron chi connectivity index (χ1n) is 6.96. The zero-order chi connectivity index (χ0) is 12.8. The lowest BCUT2D eigenvalue weighted by Crippen LogP contribution is -2.20. The molecule has 2 amide bonds. The number of hydrogen-bond donors (Lipinski definition) is 1. The summed E-state index contributed by atoms with van der Waals surface area (Å²) in [6.07, 6.45) is 9.31. The van der Waals surface area contributed by atoms with Crippen molar-refractivity contribution in [2.24, 2.45) is 10.2 Å². The molecular formula is C13H27N3O. The van der Waals surface area contributed by atoms with Crippen LogP contribution >= 0.6 is 0 Å². The Hall–Kier alpha value is -0.930. The van der Waals surface area contributed by atoms with Crippen molar-refractivity contribution in [2.75, 3.05) is 13.1 Å². The van der Waals surface area contributed by atoms with Crippen LogP contribution in [-0.2, 0) is 0 Å². The maximum Gasteiger partial charge on any atom is 0.359 e. The molecule has 0 unspecified atom stereocenters. The molecule has 0 saturated carbocycles. The molecule has 4 heteroatoms. The smallest absolute Gasteiger partial charge is 0.335 e. The number of rotatable bonds is 10. The fraction of sp³-hybridized carbons (Fsp3) is 0.923. The van der Waals surface area contributed by atoms with Crippen LogP contribution in [0.5, 0.6) is 0 Å². The van der Waals surface area contributed by atoms with Gasteiger partial charge in [0.25, 0.3) is 0 Å². The van der Waals surface area contributed by atoms with Crippen LogP contribution < -0.4 is 5.32 Å². The van der Waals surface area contributed by atoms with E-state index in [9.17, 15) is 4.79 Å². The molecule has 1 N–H and O–H groups in total. The van der Waals surface area contributed by atoms with Gasteiger partial charge in [0.05, 0.1) is 6.54 Å². The van der Waals surface area contributed by atoms with Crippen molar-refractivity contribution in [2.45, 2.75) is 65.2 Å². The minimum absolute atomic E-state index is 0.294. The van der Waals surface area contributed by atoms with E-state index in [0.717, 1.165) is 12.8 Å². The van der Waals surface area contributed by atoms with Gasteiger partial charge in [-0.2, -0.15) is 5.11 Å². The molecule has 4 nitrogen and oxygen atoms in total. The summed E-state index contributed by atoms with van der Waals surface area (Å²) in [6.45, 7) is 5.73. The molecule has 0 heterocycles. The Kier molecular flexibility index (Phi) is 12.4. The van der Waals surface area contributed by atoms with Gasteiger partial charge in [-0.05, 0) is 12.8 Å². The molecule has 0 aromatic rings. The zero-order valence-corrected chi connectivity index (χ0v) is 11.4. The van der Waals surface area contributed by atoms with Crippen LogP contribution in [0.2, 0.25) is 0 Å². The number of urea groups is 1. The van der Waals surface area contributed by atoms with Crippen molar-refractivity contribution in [3.05, 3.63) is 0 Å². The summed E-state index contributed by atoms with van der Waals surface area (Å²) in [6, 6.07) is -0.294. The van der Waals surface area contributed by atoms with Gasteiger partial charge in [0.1, 0.15) is 0 Å². The Morgan fingerprint density at radius 3 is 2.24 bits per heavy atom. The van der Waals surface area contributed by atoms with Crippen LogP contribution in [0.1, 0.15) is 65.2 Å². The zero-order valence-electron chi connectivity index (χ0n) is 11.4. The number of unbranched alkanes of at least 4 members (excludes halogenated alkanes) is 6. The Morgan fingerprint density at radius 2 is 1.59 bits per heavy atom. The highest BCUT2D eigenvalue weighted by molar-refractivity contribution is 5.74. The minimum atomic E-state index is -0.294. The van der Waals surface area contributed by atoms with Crippen LogP contribution in [0.3, 0.4) is 0 Å². The summed E-state index contributed by atoms with van der Waals surface area (Å²) in [7, 11) is 0. The molecule has 0 fully saturated rings. The quantitative estimate of drug-likeness (QED) is 0.449. The van der Waals surface area contributed by atoms with E-state index in [1.165, 1.54) is 38.5 Å². The summed E-state index contributed by atoms with van der Waals surface area (Å²) in [5.41, 5.74) is 0. The number of nitrogens with zero attached hydrogens (tertiary/aromatic N) is 2. The maximum atomic E-state index is 11.2. The van der Waals surface area contributed by atoms with E-state index < -0.39 is 0 Å². The van der Waals surface area contributed by atoms with E-state index in [0.29, 0.717) is 13.1 Å². The number of nitrogens with one attached hydrogen (secondary N) is 1. The summed E-state index contributed by atoms with van der Waals surface area (Å²) in [5.74, 6) is 0. The second-order valence-electron chi connectivity index (χ2n) is 4.32. The second-order valence-corrected chi connectivity index (χ2v) is 4.32. The van der Waals surface area contributed by atoms with Gasteiger partial charge in [0, 0.05) is 6.54 Å². The third-order valence-electron chi connectivity index (χ3n) is 2.58. The minimum Gasteiger partial charge on any atom is -0.335 e. The van der Waals surface area contributed by atoms with Crippen molar-refractivity contribution in [3.8, 4) is 0 Å². The molecule has 0 atom stereocenters. The fourth-order valence-electron chi connectivity index (χ4n) is 1.51. The molecule has 0 radical (unpaired) electrons. The molecule has 0 saturated heterocycles. The number of carbonyl (C=O) groups excluding carboxylic acids is 1. The second kappa shape index (κ2) is 13.1. The predicted molar refractivity (Wildman–Crippen MR) is 71.4 cm³/mol. The Labute approximate surface area is 105 Å². The topological polar surface area (TPSA) is 53.8 Å². The predicted octanol–water partition coefficient (Wildman–Crippen LogP) is 4.31. The molecule has 0 spiro atoms. The summed E-state index contributed by atoms with van der Waals surface area (Å²) in [4.78, 5) is 11.2. The highest BCUT2D eigenvalue weighted by Gasteiger charge is 1.96. The summed E-state index contributed by atoms with van der Waals surface area (Å²) >= 11 is 0. The molecular weight excluding hydrogens is 214 g/mol. The van der Waals surface area contributed by atoms with Gasteiger partial charge < -0.3 is 5.32 Å². The third kappa shape index (κ3) is 13.0. The fourth-order valence-corrected chi connectivity index (χ4v) is 1.51. The van der Waals surface area contributed by atoms with Gasteiger partial charge in [0.15, 0.2) is 0 Å². The van der Waals surface area contributed by atoms with Crippen LogP contribution in [0.15, 0.2) is 10.2 Å². The summed E-state index contributed by atoms with van der Waals surface area (Å²) in [5, 5.41) is 10.2. The Balaban J connectivity index is 3.29. The molecule has 100 valence electrons. The molecule has 0 rings (SSSR count). The van der Waals surface area contributed by atoms with Gasteiger partial charge >= 0.3 is 6.03 Å². The summed E-state index contributed by atoms with van der Waals surface area (Å²) < 4.78 is 0. The molecule has 0 aliphatic carbocycles. The highest BCUT2D eigenvalue weighted by Crippen LogP contribution is 1.99. The molecule has 0 bridgehead atoms. The van der Waals surface area contributed by atoms with E-state index >= 15 is 0 Å². The SMILES string of the molecule is CCCCCCN=NC(=O)NCCCCCC.